The Kier molecular flexibility index (Phi) is 4.60. The van der Waals surface area contributed by atoms with Crippen molar-refractivity contribution in [1.29, 1.82) is 0 Å². The lowest BCUT2D eigenvalue weighted by Crippen LogP contribution is -2.46. The van der Waals surface area contributed by atoms with Crippen molar-refractivity contribution in [3.63, 3.8) is 0 Å². The molecule has 2 fully saturated rings. The molecule has 3 heteroatoms. The molecule has 2 aliphatic rings. The van der Waals surface area contributed by atoms with Gasteiger partial charge in [-0.25, -0.2) is 0 Å². The second-order valence-electron chi connectivity index (χ2n) is 5.33. The standard InChI is InChI=1S/C14H24N2O/c1-2-3-9-16-10-7-12(8-11-16)14(17)15-13-5-4-6-13/h2,12-13H,1,3-11H2,(H,15,17). The lowest BCUT2D eigenvalue weighted by Gasteiger charge is -2.33. The summed E-state index contributed by atoms with van der Waals surface area (Å²) in [6.45, 7) is 6.98. The van der Waals surface area contributed by atoms with Crippen LogP contribution in [0.3, 0.4) is 0 Å². The van der Waals surface area contributed by atoms with E-state index in [-0.39, 0.29) is 5.92 Å². The molecule has 1 aliphatic carbocycles. The van der Waals surface area contributed by atoms with Gasteiger partial charge in [-0.2, -0.15) is 0 Å². The van der Waals surface area contributed by atoms with E-state index in [0.717, 1.165) is 38.9 Å². The van der Waals surface area contributed by atoms with Gasteiger partial charge in [0, 0.05) is 18.5 Å². The average Bonchev–Trinajstić information content (AvgIpc) is 2.31. The van der Waals surface area contributed by atoms with Gasteiger partial charge >= 0.3 is 0 Å². The van der Waals surface area contributed by atoms with Gasteiger partial charge in [0.2, 0.25) is 5.91 Å². The lowest BCUT2D eigenvalue weighted by atomic mass is 9.90. The maximum atomic E-state index is 12.0. The fourth-order valence-corrected chi connectivity index (χ4v) is 2.56. The molecule has 0 unspecified atom stereocenters. The molecule has 2 rings (SSSR count). The van der Waals surface area contributed by atoms with Crippen LogP contribution in [0.2, 0.25) is 0 Å². The van der Waals surface area contributed by atoms with Crippen molar-refractivity contribution in [3.05, 3.63) is 12.7 Å². The van der Waals surface area contributed by atoms with Crippen molar-refractivity contribution in [2.24, 2.45) is 5.92 Å². The Labute approximate surface area is 104 Å². The van der Waals surface area contributed by atoms with E-state index in [0.29, 0.717) is 11.9 Å². The number of hydrogen-bond donors (Lipinski definition) is 1. The lowest BCUT2D eigenvalue weighted by molar-refractivity contribution is -0.127. The van der Waals surface area contributed by atoms with Gasteiger partial charge < -0.3 is 10.2 Å². The molecule has 0 aromatic carbocycles. The van der Waals surface area contributed by atoms with E-state index in [1.165, 1.54) is 19.3 Å². The van der Waals surface area contributed by atoms with E-state index in [1.54, 1.807) is 0 Å². The van der Waals surface area contributed by atoms with Crippen LogP contribution in [0.4, 0.5) is 0 Å². The highest BCUT2D eigenvalue weighted by molar-refractivity contribution is 5.79. The Bertz CT molecular complexity index is 265. The Morgan fingerprint density at radius 2 is 2.00 bits per heavy atom. The van der Waals surface area contributed by atoms with Crippen molar-refractivity contribution < 1.29 is 4.79 Å². The third-order valence-electron chi connectivity index (χ3n) is 4.06. The van der Waals surface area contributed by atoms with Crippen LogP contribution in [0.1, 0.15) is 38.5 Å². The molecule has 1 amide bonds. The molecule has 1 saturated heterocycles. The van der Waals surface area contributed by atoms with Crippen LogP contribution < -0.4 is 5.32 Å². The minimum absolute atomic E-state index is 0.260. The van der Waals surface area contributed by atoms with Gasteiger partial charge in [-0.05, 0) is 51.6 Å². The summed E-state index contributed by atoms with van der Waals surface area (Å²) < 4.78 is 0. The fraction of sp³-hybridized carbons (Fsp3) is 0.786. The molecule has 0 aromatic rings. The number of amides is 1. The van der Waals surface area contributed by atoms with E-state index >= 15 is 0 Å². The molecule has 0 atom stereocenters. The van der Waals surface area contributed by atoms with E-state index in [9.17, 15) is 4.79 Å². The van der Waals surface area contributed by atoms with Gasteiger partial charge in [-0.15, -0.1) is 6.58 Å². The second-order valence-corrected chi connectivity index (χ2v) is 5.33. The van der Waals surface area contributed by atoms with Gasteiger partial charge in [0.05, 0.1) is 0 Å². The van der Waals surface area contributed by atoms with Crippen LogP contribution in [-0.4, -0.2) is 36.5 Å². The maximum Gasteiger partial charge on any atom is 0.223 e. The van der Waals surface area contributed by atoms with Crippen LogP contribution in [0.25, 0.3) is 0 Å². The van der Waals surface area contributed by atoms with E-state index in [2.05, 4.69) is 16.8 Å². The van der Waals surface area contributed by atoms with Gasteiger partial charge in [-0.3, -0.25) is 4.79 Å². The van der Waals surface area contributed by atoms with Crippen molar-refractivity contribution in [3.8, 4) is 0 Å². The SMILES string of the molecule is C=CCCN1CCC(C(=O)NC2CCC2)CC1. The first-order valence-electron chi connectivity index (χ1n) is 6.93. The molecule has 0 bridgehead atoms. The van der Waals surface area contributed by atoms with Crippen molar-refractivity contribution in [2.75, 3.05) is 19.6 Å². The number of nitrogens with one attached hydrogen (secondary N) is 1. The highest BCUT2D eigenvalue weighted by atomic mass is 16.1. The summed E-state index contributed by atoms with van der Waals surface area (Å²) in [6, 6.07) is 0.487. The minimum atomic E-state index is 0.260. The first kappa shape index (κ1) is 12.6. The van der Waals surface area contributed by atoms with Gasteiger partial charge in [0.1, 0.15) is 0 Å². The molecule has 1 N–H and O–H groups in total. The summed E-state index contributed by atoms with van der Waals surface area (Å²) >= 11 is 0. The predicted octanol–water partition coefficient (Wildman–Crippen LogP) is 1.94. The van der Waals surface area contributed by atoms with Crippen LogP contribution >= 0.6 is 0 Å². The van der Waals surface area contributed by atoms with Gasteiger partial charge in [0.15, 0.2) is 0 Å². The summed E-state index contributed by atoms with van der Waals surface area (Å²) in [5.74, 6) is 0.564. The molecule has 0 radical (unpaired) electrons. The zero-order chi connectivity index (χ0) is 12.1. The third-order valence-corrected chi connectivity index (χ3v) is 4.06. The second kappa shape index (κ2) is 6.20. The first-order valence-corrected chi connectivity index (χ1v) is 6.93. The fourth-order valence-electron chi connectivity index (χ4n) is 2.56. The number of carbonyl (C=O) groups is 1. The number of piperidine rings is 1. The highest BCUT2D eigenvalue weighted by Crippen LogP contribution is 2.21. The van der Waals surface area contributed by atoms with Crippen LogP contribution in [0, 0.1) is 5.92 Å². The summed E-state index contributed by atoms with van der Waals surface area (Å²) in [6.07, 6.45) is 8.72. The summed E-state index contributed by atoms with van der Waals surface area (Å²) in [5.41, 5.74) is 0. The number of rotatable bonds is 5. The van der Waals surface area contributed by atoms with Crippen molar-refractivity contribution in [2.45, 2.75) is 44.6 Å². The quantitative estimate of drug-likeness (QED) is 0.740. The van der Waals surface area contributed by atoms with E-state index in [1.807, 2.05) is 6.08 Å². The molecule has 0 aromatic heterocycles. The van der Waals surface area contributed by atoms with E-state index < -0.39 is 0 Å². The molecule has 3 nitrogen and oxygen atoms in total. The molecule has 1 saturated carbocycles. The number of likely N-dealkylation sites (tertiary alicyclic amines) is 1. The number of carbonyl (C=O) groups excluding carboxylic acids is 1. The first-order chi connectivity index (χ1) is 8.29. The Morgan fingerprint density at radius 3 is 2.53 bits per heavy atom. The maximum absolute atomic E-state index is 12.0. The Morgan fingerprint density at radius 1 is 1.29 bits per heavy atom. The number of hydrogen-bond acceptors (Lipinski definition) is 2. The largest absolute Gasteiger partial charge is 0.353 e. The Hall–Kier alpha value is -0.830. The van der Waals surface area contributed by atoms with E-state index in [4.69, 9.17) is 0 Å². The number of nitrogens with zero attached hydrogens (tertiary/aromatic N) is 1. The van der Waals surface area contributed by atoms with Crippen LogP contribution in [0.15, 0.2) is 12.7 Å². The molecule has 17 heavy (non-hydrogen) atoms. The summed E-state index contributed by atoms with van der Waals surface area (Å²) in [5, 5.41) is 3.17. The van der Waals surface area contributed by atoms with Gasteiger partial charge in [-0.1, -0.05) is 6.08 Å². The topological polar surface area (TPSA) is 32.3 Å². The Balaban J connectivity index is 1.66. The highest BCUT2D eigenvalue weighted by Gasteiger charge is 2.27. The van der Waals surface area contributed by atoms with Crippen LogP contribution in [0.5, 0.6) is 0 Å². The summed E-state index contributed by atoms with van der Waals surface area (Å²) in [7, 11) is 0. The summed E-state index contributed by atoms with van der Waals surface area (Å²) in [4.78, 5) is 14.4. The molecular formula is C14H24N2O. The molecule has 1 aliphatic heterocycles. The zero-order valence-electron chi connectivity index (χ0n) is 10.7. The van der Waals surface area contributed by atoms with Crippen molar-refractivity contribution >= 4 is 5.91 Å². The third kappa shape index (κ3) is 3.56. The minimum Gasteiger partial charge on any atom is -0.353 e. The van der Waals surface area contributed by atoms with Gasteiger partial charge in [0.25, 0.3) is 0 Å². The smallest absolute Gasteiger partial charge is 0.223 e. The van der Waals surface area contributed by atoms with Crippen LogP contribution in [-0.2, 0) is 4.79 Å². The molecule has 1 heterocycles. The molecule has 96 valence electrons. The molecular weight excluding hydrogens is 212 g/mol. The zero-order valence-corrected chi connectivity index (χ0v) is 10.7. The van der Waals surface area contributed by atoms with Crippen molar-refractivity contribution in [1.82, 2.24) is 10.2 Å². The average molecular weight is 236 g/mol. The predicted molar refractivity (Wildman–Crippen MR) is 69.8 cm³/mol. The molecule has 0 spiro atoms. The normalized spacial score (nSPS) is 23.1. The monoisotopic (exact) mass is 236 g/mol.